The summed E-state index contributed by atoms with van der Waals surface area (Å²) < 4.78 is 0. The van der Waals surface area contributed by atoms with Gasteiger partial charge in [0, 0.05) is 19.1 Å². The van der Waals surface area contributed by atoms with Crippen LogP contribution in [-0.2, 0) is 0 Å². The molecule has 1 saturated heterocycles. The molecule has 1 unspecified atom stereocenters. The fraction of sp³-hybridized carbons (Fsp3) is 0.714. The number of nitrogens with one attached hydrogen (secondary N) is 1. The molecule has 0 bridgehead atoms. The van der Waals surface area contributed by atoms with Gasteiger partial charge in [-0.25, -0.2) is 0 Å². The Morgan fingerprint density at radius 2 is 2.33 bits per heavy atom. The summed E-state index contributed by atoms with van der Waals surface area (Å²) in [6.45, 7) is 9.78. The summed E-state index contributed by atoms with van der Waals surface area (Å²) in [6, 6.07) is 2.70. The van der Waals surface area contributed by atoms with Gasteiger partial charge in [0.15, 0.2) is 5.82 Å². The van der Waals surface area contributed by atoms with E-state index in [9.17, 15) is 0 Å². The van der Waals surface area contributed by atoms with Gasteiger partial charge in [0.1, 0.15) is 0 Å². The SMILES string of the molecule is Cc1cnnc(N2CCCC(CNC(C)C)C2)c1. The summed E-state index contributed by atoms with van der Waals surface area (Å²) in [4.78, 5) is 2.37. The Balaban J connectivity index is 1.94. The summed E-state index contributed by atoms with van der Waals surface area (Å²) in [6.07, 6.45) is 4.38. The number of piperidine rings is 1. The summed E-state index contributed by atoms with van der Waals surface area (Å²) in [5.74, 6) is 1.76. The Morgan fingerprint density at radius 3 is 3.06 bits per heavy atom. The molecule has 0 aliphatic carbocycles. The highest BCUT2D eigenvalue weighted by Crippen LogP contribution is 2.21. The number of aryl methyl sites for hydroxylation is 1. The van der Waals surface area contributed by atoms with Crippen molar-refractivity contribution in [3.63, 3.8) is 0 Å². The van der Waals surface area contributed by atoms with Crippen LogP contribution in [0.5, 0.6) is 0 Å². The van der Waals surface area contributed by atoms with Crippen LogP contribution in [0, 0.1) is 12.8 Å². The minimum Gasteiger partial charge on any atom is -0.355 e. The van der Waals surface area contributed by atoms with Crippen LogP contribution >= 0.6 is 0 Å². The summed E-state index contributed by atoms with van der Waals surface area (Å²) in [7, 11) is 0. The highest BCUT2D eigenvalue weighted by atomic mass is 15.3. The quantitative estimate of drug-likeness (QED) is 0.885. The van der Waals surface area contributed by atoms with Gasteiger partial charge in [0.2, 0.25) is 0 Å². The van der Waals surface area contributed by atoms with Crippen LogP contribution in [0.2, 0.25) is 0 Å². The topological polar surface area (TPSA) is 41.1 Å². The molecule has 0 spiro atoms. The minimum atomic E-state index is 0.569. The zero-order valence-electron chi connectivity index (χ0n) is 11.7. The largest absolute Gasteiger partial charge is 0.355 e. The molecule has 0 amide bonds. The van der Waals surface area contributed by atoms with E-state index in [4.69, 9.17) is 0 Å². The van der Waals surface area contributed by atoms with E-state index < -0.39 is 0 Å². The molecule has 2 rings (SSSR count). The van der Waals surface area contributed by atoms with Crippen LogP contribution in [0.25, 0.3) is 0 Å². The molecule has 0 saturated carbocycles. The molecule has 1 aromatic rings. The Hall–Kier alpha value is -1.16. The van der Waals surface area contributed by atoms with Crippen molar-refractivity contribution >= 4 is 5.82 Å². The van der Waals surface area contributed by atoms with E-state index in [-0.39, 0.29) is 0 Å². The molecule has 1 aliphatic heterocycles. The van der Waals surface area contributed by atoms with Crippen LogP contribution < -0.4 is 10.2 Å². The lowest BCUT2D eigenvalue weighted by atomic mass is 9.97. The van der Waals surface area contributed by atoms with E-state index in [1.807, 2.05) is 6.20 Å². The van der Waals surface area contributed by atoms with E-state index in [1.54, 1.807) is 0 Å². The predicted octanol–water partition coefficient (Wildman–Crippen LogP) is 2.00. The maximum atomic E-state index is 4.25. The van der Waals surface area contributed by atoms with E-state index in [0.29, 0.717) is 6.04 Å². The molecule has 2 heterocycles. The standard InChI is InChI=1S/C14H24N4/c1-11(2)15-9-13-5-4-6-18(10-13)14-7-12(3)8-16-17-14/h7-8,11,13,15H,4-6,9-10H2,1-3H3. The highest BCUT2D eigenvalue weighted by Gasteiger charge is 2.21. The highest BCUT2D eigenvalue weighted by molar-refractivity contribution is 5.39. The monoisotopic (exact) mass is 248 g/mol. The number of hydrogen-bond acceptors (Lipinski definition) is 4. The normalized spacial score (nSPS) is 20.4. The minimum absolute atomic E-state index is 0.569. The van der Waals surface area contributed by atoms with Crippen molar-refractivity contribution in [3.05, 3.63) is 17.8 Å². The van der Waals surface area contributed by atoms with Crippen molar-refractivity contribution in [2.45, 2.75) is 39.7 Å². The van der Waals surface area contributed by atoms with Crippen LogP contribution in [0.1, 0.15) is 32.3 Å². The van der Waals surface area contributed by atoms with Crippen molar-refractivity contribution in [2.24, 2.45) is 5.92 Å². The molecule has 1 fully saturated rings. The molecular weight excluding hydrogens is 224 g/mol. The van der Waals surface area contributed by atoms with Crippen molar-refractivity contribution in [3.8, 4) is 0 Å². The molecule has 1 N–H and O–H groups in total. The molecular formula is C14H24N4. The van der Waals surface area contributed by atoms with Crippen molar-refractivity contribution in [2.75, 3.05) is 24.5 Å². The van der Waals surface area contributed by atoms with Crippen molar-refractivity contribution < 1.29 is 0 Å². The second kappa shape index (κ2) is 6.14. The number of hydrogen-bond donors (Lipinski definition) is 1. The van der Waals surface area contributed by atoms with Crippen molar-refractivity contribution in [1.82, 2.24) is 15.5 Å². The second-order valence-corrected chi connectivity index (χ2v) is 5.61. The molecule has 4 nitrogen and oxygen atoms in total. The first-order valence-corrected chi connectivity index (χ1v) is 6.93. The van der Waals surface area contributed by atoms with E-state index >= 15 is 0 Å². The lowest BCUT2D eigenvalue weighted by Gasteiger charge is -2.33. The molecule has 100 valence electrons. The lowest BCUT2D eigenvalue weighted by molar-refractivity contribution is 0.377. The van der Waals surface area contributed by atoms with Gasteiger partial charge < -0.3 is 10.2 Å². The fourth-order valence-corrected chi connectivity index (χ4v) is 2.45. The van der Waals surface area contributed by atoms with Crippen LogP contribution in [-0.4, -0.2) is 35.9 Å². The third-order valence-electron chi connectivity index (χ3n) is 3.44. The van der Waals surface area contributed by atoms with Gasteiger partial charge >= 0.3 is 0 Å². The summed E-state index contributed by atoms with van der Waals surface area (Å²) in [5.41, 5.74) is 1.18. The van der Waals surface area contributed by atoms with Gasteiger partial charge in [-0.05, 0) is 43.9 Å². The van der Waals surface area contributed by atoms with Crippen LogP contribution in [0.3, 0.4) is 0 Å². The van der Waals surface area contributed by atoms with Gasteiger partial charge in [-0.2, -0.15) is 5.10 Å². The zero-order chi connectivity index (χ0) is 13.0. The molecule has 1 aromatic heterocycles. The molecule has 0 aromatic carbocycles. The first kappa shape index (κ1) is 13.3. The van der Waals surface area contributed by atoms with E-state index in [1.165, 1.54) is 18.4 Å². The number of anilines is 1. The van der Waals surface area contributed by atoms with Gasteiger partial charge in [-0.15, -0.1) is 5.10 Å². The van der Waals surface area contributed by atoms with Gasteiger partial charge in [-0.3, -0.25) is 0 Å². The Morgan fingerprint density at radius 1 is 1.50 bits per heavy atom. The number of aromatic nitrogens is 2. The van der Waals surface area contributed by atoms with Gasteiger partial charge in [0.05, 0.1) is 6.20 Å². The second-order valence-electron chi connectivity index (χ2n) is 5.61. The Bertz CT molecular complexity index is 378. The summed E-state index contributed by atoms with van der Waals surface area (Å²) >= 11 is 0. The first-order valence-electron chi connectivity index (χ1n) is 6.93. The molecule has 4 heteroatoms. The summed E-state index contributed by atoms with van der Waals surface area (Å²) in [5, 5.41) is 11.8. The Kier molecular flexibility index (Phi) is 4.53. The number of nitrogens with zero attached hydrogens (tertiary/aromatic N) is 3. The average Bonchev–Trinajstić information content (AvgIpc) is 2.37. The van der Waals surface area contributed by atoms with E-state index in [2.05, 4.69) is 47.3 Å². The zero-order valence-corrected chi connectivity index (χ0v) is 11.7. The molecule has 1 aliphatic rings. The smallest absolute Gasteiger partial charge is 0.151 e. The van der Waals surface area contributed by atoms with E-state index in [0.717, 1.165) is 31.4 Å². The number of rotatable bonds is 4. The van der Waals surface area contributed by atoms with Crippen LogP contribution in [0.4, 0.5) is 5.82 Å². The first-order chi connectivity index (χ1) is 8.65. The van der Waals surface area contributed by atoms with Gasteiger partial charge in [-0.1, -0.05) is 13.8 Å². The Labute approximate surface area is 110 Å². The maximum Gasteiger partial charge on any atom is 0.151 e. The third-order valence-corrected chi connectivity index (χ3v) is 3.44. The predicted molar refractivity (Wildman–Crippen MR) is 74.8 cm³/mol. The van der Waals surface area contributed by atoms with Crippen molar-refractivity contribution in [1.29, 1.82) is 0 Å². The molecule has 0 radical (unpaired) electrons. The molecule has 1 atom stereocenters. The molecule has 18 heavy (non-hydrogen) atoms. The lowest BCUT2D eigenvalue weighted by Crippen LogP contribution is -2.41. The maximum absolute atomic E-state index is 4.25. The average molecular weight is 248 g/mol. The fourth-order valence-electron chi connectivity index (χ4n) is 2.45. The van der Waals surface area contributed by atoms with Crippen LogP contribution in [0.15, 0.2) is 12.3 Å². The third kappa shape index (κ3) is 3.67. The van der Waals surface area contributed by atoms with Gasteiger partial charge in [0.25, 0.3) is 0 Å².